The van der Waals surface area contributed by atoms with Crippen LogP contribution in [0.15, 0.2) is 49.5 Å². The van der Waals surface area contributed by atoms with Gasteiger partial charge in [-0.3, -0.25) is 14.9 Å². The van der Waals surface area contributed by atoms with Crippen LogP contribution in [0.5, 0.6) is 11.5 Å². The predicted molar refractivity (Wildman–Crippen MR) is 99.8 cm³/mol. The lowest BCUT2D eigenvalue weighted by Gasteiger charge is -2.03. The van der Waals surface area contributed by atoms with Crippen LogP contribution in [-0.2, 0) is 4.79 Å². The van der Waals surface area contributed by atoms with Crippen LogP contribution in [0, 0.1) is 10.1 Å². The second kappa shape index (κ2) is 8.88. The van der Waals surface area contributed by atoms with E-state index in [4.69, 9.17) is 13.6 Å². The summed E-state index contributed by atoms with van der Waals surface area (Å²) in [6, 6.07) is 7.10. The minimum Gasteiger partial charge on any atom is -0.504 e. The number of phenolic OH excluding ortho intramolecular Hbond substituents is 1. The Morgan fingerprint density at radius 3 is 2.93 bits per heavy atom. The highest BCUT2D eigenvalue weighted by atomic mass is 32.2. The molecule has 0 radical (unpaired) electrons. The third-order valence-electron chi connectivity index (χ3n) is 3.32. The Hall–Kier alpha value is -3.87. The average Bonchev–Trinajstić information content (AvgIpc) is 3.37. The molecule has 2 heterocycles. The molecule has 1 amide bonds. The summed E-state index contributed by atoms with van der Waals surface area (Å²) in [4.78, 5) is 21.8. The Bertz CT molecular complexity index is 1060. The quantitative estimate of drug-likeness (QED) is 0.239. The second-order valence-corrected chi connectivity index (χ2v) is 6.21. The molecule has 0 bridgehead atoms. The molecule has 29 heavy (non-hydrogen) atoms. The van der Waals surface area contributed by atoms with Crippen molar-refractivity contribution in [1.82, 2.24) is 15.6 Å². The number of amides is 1. The molecule has 0 aliphatic heterocycles. The van der Waals surface area contributed by atoms with Gasteiger partial charge in [0, 0.05) is 0 Å². The molecule has 150 valence electrons. The molecule has 2 aromatic heterocycles. The van der Waals surface area contributed by atoms with Gasteiger partial charge in [0.05, 0.1) is 25.1 Å². The van der Waals surface area contributed by atoms with Crippen molar-refractivity contribution in [1.29, 1.82) is 0 Å². The van der Waals surface area contributed by atoms with E-state index < -0.39 is 16.7 Å². The first-order chi connectivity index (χ1) is 14.0. The number of thioether (sulfide) groups is 1. The predicted octanol–water partition coefficient (Wildman–Crippen LogP) is 2.19. The molecule has 3 rings (SSSR count). The van der Waals surface area contributed by atoms with E-state index in [-0.39, 0.29) is 34.1 Å². The van der Waals surface area contributed by atoms with Crippen molar-refractivity contribution in [2.45, 2.75) is 5.22 Å². The minimum atomic E-state index is -0.686. The van der Waals surface area contributed by atoms with E-state index in [0.29, 0.717) is 5.56 Å². The number of hydrogen-bond acceptors (Lipinski definition) is 11. The average molecular weight is 419 g/mol. The van der Waals surface area contributed by atoms with Crippen molar-refractivity contribution in [2.24, 2.45) is 5.10 Å². The van der Waals surface area contributed by atoms with Crippen LogP contribution < -0.4 is 10.2 Å². The first-order valence-electron chi connectivity index (χ1n) is 7.86. The van der Waals surface area contributed by atoms with Crippen LogP contribution in [0.25, 0.3) is 11.7 Å². The number of hydrazone groups is 1. The zero-order chi connectivity index (χ0) is 20.8. The fraction of sp³-hybridized carbons (Fsp3) is 0.125. The van der Waals surface area contributed by atoms with Crippen LogP contribution in [0.1, 0.15) is 5.56 Å². The standard InChI is InChI=1S/C16H13N5O7S/c1-26-12-6-9(2-3-10(12)22)7-17-18-13(23)8-29-16-20-19-15(28-16)11-4-5-14(27-11)21(24)25/h2-7,22H,8H2,1H3,(H,18,23)/b17-7+. The molecule has 0 saturated carbocycles. The van der Waals surface area contributed by atoms with Crippen molar-refractivity contribution < 1.29 is 28.4 Å². The van der Waals surface area contributed by atoms with Crippen molar-refractivity contribution >= 4 is 29.8 Å². The van der Waals surface area contributed by atoms with Crippen molar-refractivity contribution in [2.75, 3.05) is 12.9 Å². The molecule has 3 aromatic rings. The van der Waals surface area contributed by atoms with Crippen molar-refractivity contribution in [3.05, 3.63) is 46.0 Å². The van der Waals surface area contributed by atoms with E-state index in [1.807, 2.05) is 0 Å². The van der Waals surface area contributed by atoms with Crippen LogP contribution in [-0.4, -0.2) is 45.2 Å². The summed E-state index contributed by atoms with van der Waals surface area (Å²) in [5.74, 6) is -0.648. The smallest absolute Gasteiger partial charge is 0.433 e. The SMILES string of the molecule is COc1cc(/C=N/NC(=O)CSc2nnc(-c3ccc([N+](=O)[O-])o3)o2)ccc1O. The van der Waals surface area contributed by atoms with Crippen LogP contribution in [0.4, 0.5) is 5.88 Å². The number of aromatic nitrogens is 2. The summed E-state index contributed by atoms with van der Waals surface area (Å²) >= 11 is 0.957. The maximum atomic E-state index is 11.8. The van der Waals surface area contributed by atoms with Gasteiger partial charge in [0.15, 0.2) is 17.3 Å². The lowest BCUT2D eigenvalue weighted by Crippen LogP contribution is -2.19. The van der Waals surface area contributed by atoms with E-state index in [2.05, 4.69) is 20.7 Å². The van der Waals surface area contributed by atoms with Gasteiger partial charge in [-0.1, -0.05) is 11.8 Å². The number of aromatic hydroxyl groups is 1. The Labute approximate surface area is 166 Å². The second-order valence-electron chi connectivity index (χ2n) is 5.28. The van der Waals surface area contributed by atoms with Crippen LogP contribution in [0.3, 0.4) is 0 Å². The molecule has 0 aliphatic rings. The largest absolute Gasteiger partial charge is 0.504 e. The van der Waals surface area contributed by atoms with Crippen LogP contribution in [0.2, 0.25) is 0 Å². The molecule has 13 heteroatoms. The van der Waals surface area contributed by atoms with Gasteiger partial charge in [0.1, 0.15) is 4.92 Å². The summed E-state index contributed by atoms with van der Waals surface area (Å²) in [6.07, 6.45) is 1.39. The Morgan fingerprint density at radius 2 is 2.21 bits per heavy atom. The highest BCUT2D eigenvalue weighted by Gasteiger charge is 2.18. The van der Waals surface area contributed by atoms with Gasteiger partial charge in [0.25, 0.3) is 17.0 Å². The molecular formula is C16H13N5O7S. The van der Waals surface area contributed by atoms with E-state index in [9.17, 15) is 20.0 Å². The van der Waals surface area contributed by atoms with Gasteiger partial charge in [-0.2, -0.15) is 5.10 Å². The van der Waals surface area contributed by atoms with E-state index in [1.54, 1.807) is 12.1 Å². The molecule has 0 aliphatic carbocycles. The topological polar surface area (TPSA) is 166 Å². The number of furan rings is 1. The van der Waals surface area contributed by atoms with E-state index >= 15 is 0 Å². The minimum absolute atomic E-state index is 0.00633. The number of nitro groups is 1. The summed E-state index contributed by atoms with van der Waals surface area (Å²) < 4.78 is 15.2. The van der Waals surface area contributed by atoms with E-state index in [0.717, 1.165) is 11.8 Å². The third-order valence-corrected chi connectivity index (χ3v) is 4.14. The molecule has 0 saturated heterocycles. The van der Waals surface area contributed by atoms with Gasteiger partial charge in [-0.15, -0.1) is 10.2 Å². The van der Waals surface area contributed by atoms with Crippen LogP contribution >= 0.6 is 11.8 Å². The normalized spacial score (nSPS) is 10.9. The number of ether oxygens (including phenoxy) is 1. The molecule has 0 fully saturated rings. The fourth-order valence-electron chi connectivity index (χ4n) is 2.02. The molecule has 12 nitrogen and oxygen atoms in total. The maximum Gasteiger partial charge on any atom is 0.433 e. The van der Waals surface area contributed by atoms with Gasteiger partial charge in [-0.05, 0) is 29.8 Å². The lowest BCUT2D eigenvalue weighted by atomic mass is 10.2. The number of nitrogens with zero attached hydrogens (tertiary/aromatic N) is 4. The van der Waals surface area contributed by atoms with Gasteiger partial charge < -0.3 is 18.7 Å². The summed E-state index contributed by atoms with van der Waals surface area (Å²) in [7, 11) is 1.42. The number of carbonyl (C=O) groups is 1. The molecular weight excluding hydrogens is 406 g/mol. The summed E-state index contributed by atoms with van der Waals surface area (Å²) in [5, 5.41) is 31.5. The number of benzene rings is 1. The van der Waals surface area contributed by atoms with Crippen molar-refractivity contribution in [3.8, 4) is 23.1 Å². The number of methoxy groups -OCH3 is 1. The molecule has 0 unspecified atom stereocenters. The first kappa shape index (κ1) is 19.9. The number of hydrogen-bond donors (Lipinski definition) is 2. The number of phenols is 1. The lowest BCUT2D eigenvalue weighted by molar-refractivity contribution is -0.401. The van der Waals surface area contributed by atoms with Gasteiger partial charge >= 0.3 is 5.88 Å². The zero-order valence-electron chi connectivity index (χ0n) is 14.8. The zero-order valence-corrected chi connectivity index (χ0v) is 15.6. The number of carbonyl (C=O) groups excluding carboxylic acids is 1. The maximum absolute atomic E-state index is 11.8. The molecule has 0 spiro atoms. The fourth-order valence-corrected chi connectivity index (χ4v) is 2.58. The first-order valence-corrected chi connectivity index (χ1v) is 8.84. The third kappa shape index (κ3) is 5.10. The molecule has 0 atom stereocenters. The number of nitrogens with one attached hydrogen (secondary N) is 1. The molecule has 2 N–H and O–H groups in total. The number of rotatable bonds is 8. The highest BCUT2D eigenvalue weighted by molar-refractivity contribution is 7.99. The monoisotopic (exact) mass is 419 g/mol. The Morgan fingerprint density at radius 1 is 1.38 bits per heavy atom. The van der Waals surface area contributed by atoms with Gasteiger partial charge in [-0.25, -0.2) is 5.43 Å². The Balaban J connectivity index is 1.50. The molecule has 1 aromatic carbocycles. The Kier molecular flexibility index (Phi) is 6.09. The summed E-state index contributed by atoms with van der Waals surface area (Å²) in [5.41, 5.74) is 2.94. The van der Waals surface area contributed by atoms with Crippen molar-refractivity contribution in [3.63, 3.8) is 0 Å². The summed E-state index contributed by atoms with van der Waals surface area (Å²) in [6.45, 7) is 0. The highest BCUT2D eigenvalue weighted by Crippen LogP contribution is 2.27. The van der Waals surface area contributed by atoms with Gasteiger partial charge in [0.2, 0.25) is 0 Å². The van der Waals surface area contributed by atoms with E-state index in [1.165, 1.54) is 31.5 Å².